The first-order chi connectivity index (χ1) is 9.15. The van der Waals surface area contributed by atoms with Crippen molar-refractivity contribution in [3.63, 3.8) is 0 Å². The molecule has 0 aromatic heterocycles. The molecule has 1 amide bonds. The zero-order valence-electron chi connectivity index (χ0n) is 10.6. The maximum atomic E-state index is 10.9. The monoisotopic (exact) mass is 318 g/mol. The zero-order valence-corrected chi connectivity index (χ0v) is 12.2. The minimum atomic E-state index is -0.0564. The number of para-hydroxylation sites is 1. The lowest BCUT2D eigenvalue weighted by Crippen LogP contribution is -2.06. The average molecular weight is 319 g/mol. The number of halogens is 1. The fraction of sp³-hybridized carbons (Fsp3) is 0.133. The number of benzene rings is 2. The molecule has 0 aliphatic heterocycles. The van der Waals surface area contributed by atoms with E-state index < -0.39 is 0 Å². The molecule has 0 atom stereocenters. The van der Waals surface area contributed by atoms with Crippen LogP contribution in [0.25, 0.3) is 0 Å². The van der Waals surface area contributed by atoms with E-state index in [9.17, 15) is 4.79 Å². The Morgan fingerprint density at radius 1 is 1.11 bits per heavy atom. The minimum Gasteiger partial charge on any atom is -0.380 e. The number of hydrogen-bond acceptors (Lipinski definition) is 2. The van der Waals surface area contributed by atoms with E-state index in [-0.39, 0.29) is 5.91 Å². The van der Waals surface area contributed by atoms with Crippen molar-refractivity contribution in [3.8, 4) is 0 Å². The van der Waals surface area contributed by atoms with Gasteiger partial charge in [-0.25, -0.2) is 0 Å². The van der Waals surface area contributed by atoms with Crippen molar-refractivity contribution in [2.75, 3.05) is 10.6 Å². The number of carbonyl (C=O) groups is 1. The SMILES string of the molecule is CC(=O)Nc1ccc(CNc2ccccc2Br)cc1. The Hall–Kier alpha value is -1.81. The second-order valence-corrected chi connectivity index (χ2v) is 5.07. The average Bonchev–Trinajstić information content (AvgIpc) is 2.39. The first-order valence-electron chi connectivity index (χ1n) is 6.00. The highest BCUT2D eigenvalue weighted by atomic mass is 79.9. The van der Waals surface area contributed by atoms with Crippen molar-refractivity contribution in [2.24, 2.45) is 0 Å². The lowest BCUT2D eigenvalue weighted by molar-refractivity contribution is -0.114. The van der Waals surface area contributed by atoms with Gasteiger partial charge in [0.2, 0.25) is 5.91 Å². The first kappa shape index (κ1) is 13.6. The summed E-state index contributed by atoms with van der Waals surface area (Å²) >= 11 is 3.50. The molecule has 98 valence electrons. The molecule has 0 fully saturated rings. The van der Waals surface area contributed by atoms with Crippen molar-refractivity contribution >= 4 is 33.2 Å². The van der Waals surface area contributed by atoms with E-state index in [2.05, 4.69) is 26.6 Å². The minimum absolute atomic E-state index is 0.0564. The van der Waals surface area contributed by atoms with Crippen LogP contribution >= 0.6 is 15.9 Å². The van der Waals surface area contributed by atoms with E-state index in [4.69, 9.17) is 0 Å². The first-order valence-corrected chi connectivity index (χ1v) is 6.79. The van der Waals surface area contributed by atoms with Gasteiger partial charge < -0.3 is 10.6 Å². The van der Waals surface area contributed by atoms with E-state index in [1.807, 2.05) is 48.5 Å². The highest BCUT2D eigenvalue weighted by molar-refractivity contribution is 9.10. The maximum absolute atomic E-state index is 10.9. The van der Waals surface area contributed by atoms with Gasteiger partial charge in [0.25, 0.3) is 0 Å². The van der Waals surface area contributed by atoms with E-state index >= 15 is 0 Å². The number of amides is 1. The van der Waals surface area contributed by atoms with Crippen LogP contribution in [0.1, 0.15) is 12.5 Å². The van der Waals surface area contributed by atoms with Crippen molar-refractivity contribution in [2.45, 2.75) is 13.5 Å². The maximum Gasteiger partial charge on any atom is 0.221 e. The third-order valence-corrected chi connectivity index (χ3v) is 3.32. The standard InChI is InChI=1S/C15H15BrN2O/c1-11(19)18-13-8-6-12(7-9-13)10-17-15-5-3-2-4-14(15)16/h2-9,17H,10H2,1H3,(H,18,19). The summed E-state index contributed by atoms with van der Waals surface area (Å²) < 4.78 is 1.05. The predicted octanol–water partition coefficient (Wildman–Crippen LogP) is 4.02. The summed E-state index contributed by atoms with van der Waals surface area (Å²) in [4.78, 5) is 10.9. The summed E-state index contributed by atoms with van der Waals surface area (Å²) in [6.07, 6.45) is 0. The molecule has 2 N–H and O–H groups in total. The molecule has 2 aromatic rings. The van der Waals surface area contributed by atoms with Crippen LogP contribution in [0.2, 0.25) is 0 Å². The fourth-order valence-corrected chi connectivity index (χ4v) is 2.14. The predicted molar refractivity (Wildman–Crippen MR) is 82.2 cm³/mol. The Bertz CT molecular complexity index is 567. The molecule has 0 saturated heterocycles. The lowest BCUT2D eigenvalue weighted by Gasteiger charge is -2.09. The number of anilines is 2. The van der Waals surface area contributed by atoms with E-state index in [0.717, 1.165) is 28.0 Å². The molecule has 0 aliphatic rings. The topological polar surface area (TPSA) is 41.1 Å². The third-order valence-electron chi connectivity index (χ3n) is 2.63. The summed E-state index contributed by atoms with van der Waals surface area (Å²) in [5.74, 6) is -0.0564. The number of nitrogens with one attached hydrogen (secondary N) is 2. The molecular formula is C15H15BrN2O. The molecule has 0 unspecified atom stereocenters. The van der Waals surface area contributed by atoms with Crippen LogP contribution in [0.3, 0.4) is 0 Å². The summed E-state index contributed by atoms with van der Waals surface area (Å²) in [5.41, 5.74) is 3.04. The molecule has 2 aromatic carbocycles. The third kappa shape index (κ3) is 4.10. The smallest absolute Gasteiger partial charge is 0.221 e. The number of rotatable bonds is 4. The Labute approximate surface area is 121 Å². The number of carbonyl (C=O) groups excluding carboxylic acids is 1. The van der Waals surface area contributed by atoms with Crippen LogP contribution in [-0.2, 0) is 11.3 Å². The van der Waals surface area contributed by atoms with E-state index in [0.29, 0.717) is 0 Å². The molecule has 0 saturated carbocycles. The normalized spacial score (nSPS) is 10.0. The molecule has 0 heterocycles. The van der Waals surface area contributed by atoms with Gasteiger partial charge in [-0.3, -0.25) is 4.79 Å². The van der Waals surface area contributed by atoms with Gasteiger partial charge in [0, 0.05) is 29.3 Å². The Kier molecular flexibility index (Phi) is 4.58. The molecule has 0 radical (unpaired) electrons. The van der Waals surface area contributed by atoms with Gasteiger partial charge in [-0.15, -0.1) is 0 Å². The largest absolute Gasteiger partial charge is 0.380 e. The molecule has 2 rings (SSSR count). The van der Waals surface area contributed by atoms with Gasteiger partial charge in [0.1, 0.15) is 0 Å². The van der Waals surface area contributed by atoms with Crippen LogP contribution in [0, 0.1) is 0 Å². The Morgan fingerprint density at radius 3 is 2.42 bits per heavy atom. The Balaban J connectivity index is 1.97. The second kappa shape index (κ2) is 6.38. The van der Waals surface area contributed by atoms with Crippen LogP contribution in [0.5, 0.6) is 0 Å². The highest BCUT2D eigenvalue weighted by Crippen LogP contribution is 2.22. The van der Waals surface area contributed by atoms with Crippen molar-refractivity contribution in [3.05, 3.63) is 58.6 Å². The van der Waals surface area contributed by atoms with Gasteiger partial charge >= 0.3 is 0 Å². The van der Waals surface area contributed by atoms with Gasteiger partial charge in [0.15, 0.2) is 0 Å². The highest BCUT2D eigenvalue weighted by Gasteiger charge is 1.99. The van der Waals surface area contributed by atoms with Crippen LogP contribution < -0.4 is 10.6 Å². The van der Waals surface area contributed by atoms with Crippen molar-refractivity contribution < 1.29 is 4.79 Å². The second-order valence-electron chi connectivity index (χ2n) is 4.21. The van der Waals surface area contributed by atoms with Crippen LogP contribution in [0.15, 0.2) is 53.0 Å². The van der Waals surface area contributed by atoms with E-state index in [1.54, 1.807) is 0 Å². The van der Waals surface area contributed by atoms with Gasteiger partial charge in [-0.05, 0) is 45.8 Å². The lowest BCUT2D eigenvalue weighted by atomic mass is 10.2. The quantitative estimate of drug-likeness (QED) is 0.894. The van der Waals surface area contributed by atoms with Crippen molar-refractivity contribution in [1.29, 1.82) is 0 Å². The summed E-state index contributed by atoms with van der Waals surface area (Å²) in [5, 5.41) is 6.10. The molecule has 0 aliphatic carbocycles. The summed E-state index contributed by atoms with van der Waals surface area (Å²) in [6, 6.07) is 15.8. The summed E-state index contributed by atoms with van der Waals surface area (Å²) in [7, 11) is 0. The van der Waals surface area contributed by atoms with Crippen LogP contribution in [-0.4, -0.2) is 5.91 Å². The molecule has 0 spiro atoms. The molecule has 19 heavy (non-hydrogen) atoms. The van der Waals surface area contributed by atoms with E-state index in [1.165, 1.54) is 6.92 Å². The van der Waals surface area contributed by atoms with Gasteiger partial charge in [-0.1, -0.05) is 24.3 Å². The Morgan fingerprint density at radius 2 is 1.79 bits per heavy atom. The molecule has 0 bridgehead atoms. The van der Waals surface area contributed by atoms with Crippen molar-refractivity contribution in [1.82, 2.24) is 0 Å². The van der Waals surface area contributed by atoms with Crippen LogP contribution in [0.4, 0.5) is 11.4 Å². The molecular weight excluding hydrogens is 304 g/mol. The molecule has 3 nitrogen and oxygen atoms in total. The van der Waals surface area contributed by atoms with Gasteiger partial charge in [-0.2, -0.15) is 0 Å². The number of hydrogen-bond donors (Lipinski definition) is 2. The fourth-order valence-electron chi connectivity index (χ4n) is 1.71. The summed E-state index contributed by atoms with van der Waals surface area (Å²) in [6.45, 7) is 2.24. The van der Waals surface area contributed by atoms with Gasteiger partial charge in [0.05, 0.1) is 0 Å². The zero-order chi connectivity index (χ0) is 13.7. The molecule has 4 heteroatoms.